The molecule has 0 amide bonds. The number of nitrogens with zero attached hydrogens (tertiary/aromatic N) is 2. The van der Waals surface area contributed by atoms with Crippen molar-refractivity contribution in [3.05, 3.63) is 6.33 Å². The van der Waals surface area contributed by atoms with Crippen molar-refractivity contribution in [1.29, 1.82) is 0 Å². The maximum absolute atomic E-state index is 4.65. The average Bonchev–Trinajstić information content (AvgIpc) is 2.93. The van der Waals surface area contributed by atoms with Gasteiger partial charge in [-0.1, -0.05) is 0 Å². The third-order valence-electron chi connectivity index (χ3n) is 3.84. The molecule has 0 aliphatic heterocycles. The number of hydrogen-bond donors (Lipinski definition) is 0. The molecule has 0 N–H and O–H groups in total. The predicted octanol–water partition coefficient (Wildman–Crippen LogP) is 4.59. The van der Waals surface area contributed by atoms with E-state index in [9.17, 15) is 0 Å². The van der Waals surface area contributed by atoms with Crippen LogP contribution in [0.25, 0.3) is 0 Å². The van der Waals surface area contributed by atoms with Crippen molar-refractivity contribution in [2.75, 3.05) is 0 Å². The van der Waals surface area contributed by atoms with Gasteiger partial charge in [-0.25, -0.2) is 0 Å². The molecule has 0 unspecified atom stereocenters. The van der Waals surface area contributed by atoms with Gasteiger partial charge < -0.3 is 0 Å². The quantitative estimate of drug-likeness (QED) is 0.559. The minimum atomic E-state index is -2.19. The first-order valence-electron chi connectivity index (χ1n) is 7.56. The monoisotopic (exact) mass is 376 g/mol. The zero-order chi connectivity index (χ0) is 13.3. The molecule has 0 bridgehead atoms. The Balaban J connectivity index is 2.84. The summed E-state index contributed by atoms with van der Waals surface area (Å²) in [5.41, 5.74) is 0. The SMILES string of the molecule is CCC[CH2][Sn]([CH2]CCC)([CH2]CCC)[c]1ncns1. The molecule has 0 saturated heterocycles. The molecule has 0 aromatic carbocycles. The Morgan fingerprint density at radius 1 is 0.944 bits per heavy atom. The van der Waals surface area contributed by atoms with Gasteiger partial charge in [-0.15, -0.1) is 0 Å². The summed E-state index contributed by atoms with van der Waals surface area (Å²) >= 11 is -0.474. The van der Waals surface area contributed by atoms with Crippen LogP contribution in [0.1, 0.15) is 59.3 Å². The van der Waals surface area contributed by atoms with Crippen molar-refractivity contribution < 1.29 is 0 Å². The van der Waals surface area contributed by atoms with Crippen LogP contribution in [0.2, 0.25) is 13.3 Å². The van der Waals surface area contributed by atoms with E-state index in [1.807, 2.05) is 0 Å². The van der Waals surface area contributed by atoms with E-state index in [4.69, 9.17) is 0 Å². The van der Waals surface area contributed by atoms with Crippen molar-refractivity contribution >= 4 is 32.9 Å². The molecule has 0 aliphatic carbocycles. The van der Waals surface area contributed by atoms with E-state index in [1.54, 1.807) is 17.9 Å². The second-order valence-corrected chi connectivity index (χ2v) is 20.1. The number of rotatable bonds is 10. The first-order valence-corrected chi connectivity index (χ1v) is 15.8. The van der Waals surface area contributed by atoms with E-state index in [0.717, 1.165) is 0 Å². The van der Waals surface area contributed by atoms with Gasteiger partial charge in [0, 0.05) is 0 Å². The van der Waals surface area contributed by atoms with Gasteiger partial charge >= 0.3 is 121 Å². The van der Waals surface area contributed by atoms with Gasteiger partial charge in [0.2, 0.25) is 0 Å². The summed E-state index contributed by atoms with van der Waals surface area (Å²) in [5.74, 6) is 0. The molecule has 0 fully saturated rings. The zero-order valence-electron chi connectivity index (χ0n) is 12.2. The molecule has 0 spiro atoms. The van der Waals surface area contributed by atoms with Crippen molar-refractivity contribution in [3.8, 4) is 0 Å². The summed E-state index contributed by atoms with van der Waals surface area (Å²) in [4.78, 5) is 4.65. The average molecular weight is 375 g/mol. The molecule has 0 saturated carbocycles. The summed E-state index contributed by atoms with van der Waals surface area (Å²) < 4.78 is 10.3. The Kier molecular flexibility index (Phi) is 8.47. The summed E-state index contributed by atoms with van der Waals surface area (Å²) in [6, 6.07) is 0. The Hall–Kier alpha value is 0.359. The molecule has 18 heavy (non-hydrogen) atoms. The molecular weight excluding hydrogens is 347 g/mol. The Bertz CT molecular complexity index is 279. The predicted molar refractivity (Wildman–Crippen MR) is 84.4 cm³/mol. The Labute approximate surface area is 121 Å². The molecule has 1 aromatic rings. The summed E-state index contributed by atoms with van der Waals surface area (Å²) in [6.07, 6.45) is 9.99. The second kappa shape index (κ2) is 9.29. The van der Waals surface area contributed by atoms with Crippen LogP contribution in [-0.4, -0.2) is 27.7 Å². The molecule has 0 radical (unpaired) electrons. The van der Waals surface area contributed by atoms with Crippen LogP contribution in [0.15, 0.2) is 6.33 Å². The van der Waals surface area contributed by atoms with Gasteiger partial charge in [0.25, 0.3) is 0 Å². The standard InChI is InChI=1S/3C4H9.C2HN2S.Sn/c3*1-3-4-2;1-3-2-5-4-1;/h3*1,3-4H2,2H3;1H;. The first kappa shape index (κ1) is 16.4. The first-order chi connectivity index (χ1) is 8.79. The van der Waals surface area contributed by atoms with E-state index in [2.05, 4.69) is 30.1 Å². The maximum atomic E-state index is 4.65. The van der Waals surface area contributed by atoms with Crippen molar-refractivity contribution in [2.45, 2.75) is 72.6 Å². The fourth-order valence-corrected chi connectivity index (χ4v) is 21.0. The van der Waals surface area contributed by atoms with Crippen LogP contribution in [-0.2, 0) is 0 Å². The Morgan fingerprint density at radius 2 is 1.44 bits per heavy atom. The van der Waals surface area contributed by atoms with Gasteiger partial charge in [0.1, 0.15) is 0 Å². The Morgan fingerprint density at radius 3 is 1.78 bits per heavy atom. The normalized spacial score (nSPS) is 11.9. The summed E-state index contributed by atoms with van der Waals surface area (Å²) in [6.45, 7) is 6.95. The van der Waals surface area contributed by atoms with E-state index in [0.29, 0.717) is 0 Å². The van der Waals surface area contributed by atoms with E-state index in [-0.39, 0.29) is 0 Å². The van der Waals surface area contributed by atoms with Crippen LogP contribution in [0.3, 0.4) is 0 Å². The van der Waals surface area contributed by atoms with Crippen LogP contribution in [0, 0.1) is 0 Å². The third kappa shape index (κ3) is 4.80. The van der Waals surface area contributed by atoms with Crippen molar-refractivity contribution in [2.24, 2.45) is 0 Å². The zero-order valence-corrected chi connectivity index (χ0v) is 15.9. The molecule has 104 valence electrons. The van der Waals surface area contributed by atoms with Crippen LogP contribution in [0.5, 0.6) is 0 Å². The van der Waals surface area contributed by atoms with Crippen LogP contribution in [0.4, 0.5) is 0 Å². The summed E-state index contributed by atoms with van der Waals surface area (Å²) in [7, 11) is 0. The van der Waals surface area contributed by atoms with E-state index in [1.165, 1.54) is 54.9 Å². The van der Waals surface area contributed by atoms with Crippen molar-refractivity contribution in [3.63, 3.8) is 0 Å². The fraction of sp³-hybridized carbons (Fsp3) is 0.857. The second-order valence-electron chi connectivity index (χ2n) is 5.34. The van der Waals surface area contributed by atoms with Gasteiger partial charge in [-0.2, -0.15) is 0 Å². The van der Waals surface area contributed by atoms with Gasteiger partial charge in [-0.05, 0) is 0 Å². The third-order valence-corrected chi connectivity index (χ3v) is 22.2. The molecular formula is C14H28N2SSn. The minimum absolute atomic E-state index is 1.33. The fourth-order valence-electron chi connectivity index (χ4n) is 2.65. The van der Waals surface area contributed by atoms with Crippen LogP contribution < -0.4 is 3.02 Å². The van der Waals surface area contributed by atoms with Crippen molar-refractivity contribution in [1.82, 2.24) is 9.36 Å². The molecule has 2 nitrogen and oxygen atoms in total. The molecule has 1 aromatic heterocycles. The van der Waals surface area contributed by atoms with Gasteiger partial charge in [0.15, 0.2) is 0 Å². The van der Waals surface area contributed by atoms with Crippen LogP contribution >= 0.6 is 11.5 Å². The molecule has 4 heteroatoms. The topological polar surface area (TPSA) is 25.8 Å². The number of unbranched alkanes of at least 4 members (excludes halogenated alkanes) is 3. The number of hydrogen-bond acceptors (Lipinski definition) is 3. The summed E-state index contributed by atoms with van der Waals surface area (Å²) in [5, 5.41) is 0. The van der Waals surface area contributed by atoms with Gasteiger partial charge in [0.05, 0.1) is 0 Å². The van der Waals surface area contributed by atoms with E-state index >= 15 is 0 Å². The number of aromatic nitrogens is 2. The molecule has 0 aliphatic rings. The molecule has 0 atom stereocenters. The molecule has 1 rings (SSSR count). The van der Waals surface area contributed by atoms with Gasteiger partial charge in [-0.3, -0.25) is 0 Å². The molecule has 1 heterocycles. The van der Waals surface area contributed by atoms with E-state index < -0.39 is 18.4 Å².